The van der Waals surface area contributed by atoms with Crippen LogP contribution in [-0.2, 0) is 10.0 Å². The van der Waals surface area contributed by atoms with Gasteiger partial charge in [-0.05, 0) is 48.5 Å². The van der Waals surface area contributed by atoms with Crippen LogP contribution in [0.15, 0.2) is 81.9 Å². The molecule has 1 heterocycles. The van der Waals surface area contributed by atoms with Crippen molar-refractivity contribution in [3.63, 3.8) is 0 Å². The molecule has 32 heavy (non-hydrogen) atoms. The van der Waals surface area contributed by atoms with Crippen LogP contribution in [-0.4, -0.2) is 24.4 Å². The predicted octanol–water partition coefficient (Wildman–Crippen LogP) is 5.39. The number of benzene rings is 3. The maximum Gasteiger partial charge on any atom is 0.295 e. The van der Waals surface area contributed by atoms with E-state index >= 15 is 0 Å². The second-order valence-corrected chi connectivity index (χ2v) is 8.72. The van der Waals surface area contributed by atoms with Gasteiger partial charge >= 0.3 is 0 Å². The fourth-order valence-electron chi connectivity index (χ4n) is 2.93. The number of para-hydroxylation sites is 1. The molecule has 1 amide bonds. The third-order valence-electron chi connectivity index (χ3n) is 4.46. The van der Waals surface area contributed by atoms with Crippen molar-refractivity contribution in [3.05, 3.63) is 83.1 Å². The van der Waals surface area contributed by atoms with Gasteiger partial charge in [0.15, 0.2) is 5.69 Å². The summed E-state index contributed by atoms with van der Waals surface area (Å²) in [5.41, 5.74) is 0.426. The van der Waals surface area contributed by atoms with Crippen LogP contribution in [0.3, 0.4) is 0 Å². The lowest BCUT2D eigenvalue weighted by Gasteiger charge is -2.09. The lowest BCUT2D eigenvalue weighted by Crippen LogP contribution is -2.13. The van der Waals surface area contributed by atoms with Crippen molar-refractivity contribution in [2.45, 2.75) is 4.90 Å². The number of hydrogen-bond acceptors (Lipinski definition) is 5. The maximum atomic E-state index is 13.5. The Balaban J connectivity index is 1.61. The van der Waals surface area contributed by atoms with Gasteiger partial charge in [0.05, 0.1) is 21.1 Å². The number of anilines is 1. The summed E-state index contributed by atoms with van der Waals surface area (Å²) in [7, 11) is -4.04. The summed E-state index contributed by atoms with van der Waals surface area (Å²) in [6, 6.07) is 15.2. The summed E-state index contributed by atoms with van der Waals surface area (Å²) in [6.07, 6.45) is 0. The molecule has 0 saturated carbocycles. The third-order valence-corrected chi connectivity index (χ3v) is 6.16. The maximum absolute atomic E-state index is 13.5. The van der Waals surface area contributed by atoms with E-state index in [1.807, 2.05) is 0 Å². The molecule has 3 aromatic carbocycles. The number of amides is 1. The van der Waals surface area contributed by atoms with Crippen LogP contribution < -0.4 is 4.72 Å². The molecule has 0 fully saturated rings. The Kier molecular flexibility index (Phi) is 5.64. The molecule has 4 aromatic rings. The number of nitrogens with one attached hydrogen (secondary N) is 2. The lowest BCUT2D eigenvalue weighted by molar-refractivity contribution is 0.0995. The zero-order chi connectivity index (χ0) is 22.9. The lowest BCUT2D eigenvalue weighted by atomic mass is 10.2. The number of hydrogen-bond donors (Lipinski definition) is 3. The van der Waals surface area contributed by atoms with Gasteiger partial charge < -0.3 is 10.1 Å². The van der Waals surface area contributed by atoms with E-state index in [0.717, 1.165) is 12.1 Å². The first-order chi connectivity index (χ1) is 15.2. The molecule has 11 heteroatoms. The van der Waals surface area contributed by atoms with Gasteiger partial charge in [-0.2, -0.15) is 0 Å². The highest BCUT2D eigenvalue weighted by atomic mass is 35.5. The second-order valence-electron chi connectivity index (χ2n) is 6.63. The topological polar surface area (TPSA) is 124 Å². The zero-order valence-corrected chi connectivity index (χ0v) is 17.7. The number of aromatic nitrogens is 1. The van der Waals surface area contributed by atoms with Crippen LogP contribution in [0.25, 0.3) is 10.9 Å². The zero-order valence-electron chi connectivity index (χ0n) is 16.1. The molecule has 0 unspecified atom stereocenters. The first-order valence-electron chi connectivity index (χ1n) is 9.08. The molecule has 8 nitrogen and oxygen atoms in total. The Morgan fingerprint density at radius 2 is 1.84 bits per heavy atom. The Hall–Kier alpha value is -3.76. The molecule has 3 N–H and O–H groups in total. The molecule has 0 atom stereocenters. The summed E-state index contributed by atoms with van der Waals surface area (Å²) < 4.78 is 41.3. The summed E-state index contributed by atoms with van der Waals surface area (Å²) in [6.45, 7) is 0. The Morgan fingerprint density at radius 1 is 1.06 bits per heavy atom. The smallest absolute Gasteiger partial charge is 0.295 e. The molecule has 162 valence electrons. The average molecular weight is 473 g/mol. The van der Waals surface area contributed by atoms with Crippen LogP contribution in [0.5, 0.6) is 5.88 Å². The molecule has 0 bridgehead atoms. The van der Waals surface area contributed by atoms with Gasteiger partial charge in [0, 0.05) is 10.9 Å². The molecule has 0 radical (unpaired) electrons. The average Bonchev–Trinajstić information content (AvgIpc) is 3.08. The van der Waals surface area contributed by atoms with Crippen LogP contribution in [0.4, 0.5) is 15.8 Å². The summed E-state index contributed by atoms with van der Waals surface area (Å²) in [5, 5.41) is 17.7. The van der Waals surface area contributed by atoms with Gasteiger partial charge in [0.2, 0.25) is 5.88 Å². The number of sulfonamides is 1. The first-order valence-corrected chi connectivity index (χ1v) is 10.9. The van der Waals surface area contributed by atoms with Crippen LogP contribution in [0, 0.1) is 5.82 Å². The summed E-state index contributed by atoms with van der Waals surface area (Å²) in [4.78, 5) is 14.9. The van der Waals surface area contributed by atoms with Crippen LogP contribution in [0.1, 0.15) is 10.4 Å². The van der Waals surface area contributed by atoms with Gasteiger partial charge in [-0.15, -0.1) is 10.2 Å². The predicted molar refractivity (Wildman–Crippen MR) is 117 cm³/mol. The van der Waals surface area contributed by atoms with E-state index in [-0.39, 0.29) is 38.1 Å². The number of aromatic hydroxyl groups is 1. The molecule has 0 saturated heterocycles. The molecule has 1 aromatic heterocycles. The molecule has 0 aliphatic carbocycles. The highest BCUT2D eigenvalue weighted by Crippen LogP contribution is 2.36. The van der Waals surface area contributed by atoms with E-state index in [1.165, 1.54) is 42.5 Å². The van der Waals surface area contributed by atoms with E-state index in [0.29, 0.717) is 5.52 Å². The third kappa shape index (κ3) is 4.32. The second kappa shape index (κ2) is 8.40. The van der Waals surface area contributed by atoms with Crippen LogP contribution in [0.2, 0.25) is 5.02 Å². The number of nitrogens with zero attached hydrogens (tertiary/aromatic N) is 2. The van der Waals surface area contributed by atoms with Gasteiger partial charge in [-0.3, -0.25) is 9.52 Å². The van der Waals surface area contributed by atoms with Crippen molar-refractivity contribution in [1.29, 1.82) is 0 Å². The number of H-pyrrole nitrogens is 1. The number of carbonyl (C=O) groups excluding carboxylic acids is 1. The van der Waals surface area contributed by atoms with Crippen molar-refractivity contribution in [1.82, 2.24) is 4.98 Å². The molecule has 0 aliphatic heterocycles. The number of rotatable bonds is 5. The van der Waals surface area contributed by atoms with Gasteiger partial charge in [-0.1, -0.05) is 29.8 Å². The quantitative estimate of drug-likeness (QED) is 0.337. The monoisotopic (exact) mass is 472 g/mol. The number of azo groups is 1. The molecule has 0 spiro atoms. The minimum Gasteiger partial charge on any atom is -0.493 e. The highest BCUT2D eigenvalue weighted by molar-refractivity contribution is 7.92. The van der Waals surface area contributed by atoms with Crippen molar-refractivity contribution in [2.75, 3.05) is 4.72 Å². The van der Waals surface area contributed by atoms with Gasteiger partial charge in [0.1, 0.15) is 5.82 Å². The minimum absolute atomic E-state index is 0.0544. The minimum atomic E-state index is -4.04. The van der Waals surface area contributed by atoms with Crippen LogP contribution >= 0.6 is 11.6 Å². The number of carbonyl (C=O) groups is 1. The molecule has 4 rings (SSSR count). The number of fused-ring (bicyclic) bond motifs is 1. The Bertz CT molecular complexity index is 1480. The number of aromatic amines is 1. The first kappa shape index (κ1) is 21.5. The van der Waals surface area contributed by atoms with E-state index < -0.39 is 21.7 Å². The van der Waals surface area contributed by atoms with Crippen molar-refractivity contribution in [2.24, 2.45) is 10.2 Å². The fraction of sp³-hybridized carbons (Fsp3) is 0. The van der Waals surface area contributed by atoms with E-state index in [2.05, 4.69) is 19.9 Å². The van der Waals surface area contributed by atoms with Crippen molar-refractivity contribution < 1.29 is 22.7 Å². The van der Waals surface area contributed by atoms with E-state index in [1.54, 1.807) is 12.1 Å². The largest absolute Gasteiger partial charge is 0.493 e. The van der Waals surface area contributed by atoms with Gasteiger partial charge in [-0.25, -0.2) is 12.8 Å². The Morgan fingerprint density at radius 3 is 2.62 bits per heavy atom. The summed E-state index contributed by atoms with van der Waals surface area (Å²) >= 11 is 6.00. The van der Waals surface area contributed by atoms with Gasteiger partial charge in [0.25, 0.3) is 15.9 Å². The molecular weight excluding hydrogens is 459 g/mol. The van der Waals surface area contributed by atoms with Crippen molar-refractivity contribution in [3.8, 4) is 5.88 Å². The summed E-state index contributed by atoms with van der Waals surface area (Å²) in [5.74, 6) is -1.80. The molecule has 0 aliphatic rings. The van der Waals surface area contributed by atoms with Crippen molar-refractivity contribution >= 4 is 49.8 Å². The normalized spacial score (nSPS) is 11.8. The molecular formula is C21H14ClFN4O4S. The number of halogens is 2. The fourth-order valence-corrected chi connectivity index (χ4v) is 4.30. The highest BCUT2D eigenvalue weighted by Gasteiger charge is 2.18. The Labute approximate surface area is 186 Å². The SMILES string of the molecule is O=C(N=Nc1c(O)[nH]c2ccc(F)cc12)c1cccc(S(=O)(=O)Nc2ccccc2Cl)c1. The standard InChI is InChI=1S/C21H14ClFN4O4S/c22-16-6-1-2-7-18(16)27-32(30,31)14-5-3-4-12(10-14)20(28)26-25-19-15-11-13(23)8-9-17(15)24-21(19)29/h1-11,24,27,29H. The van der Waals surface area contributed by atoms with E-state index in [9.17, 15) is 22.7 Å². The van der Waals surface area contributed by atoms with E-state index in [4.69, 9.17) is 11.6 Å².